The Morgan fingerprint density at radius 1 is 1.09 bits per heavy atom. The molecule has 0 atom stereocenters. The number of hydrogen-bond acceptors (Lipinski definition) is 5. The molecule has 1 aromatic heterocycles. The van der Waals surface area contributed by atoms with Gasteiger partial charge in [-0.1, -0.05) is 41.9 Å². The molecule has 0 bridgehead atoms. The Labute approximate surface area is 191 Å². The number of anilines is 1. The van der Waals surface area contributed by atoms with Crippen LogP contribution in [0.3, 0.4) is 0 Å². The standard InChI is InChI=1S/C24H25ClN4O3/c25-19-6-2-1-4-18(19)14-27-22(30)15-32-20-7-3-5-16-8-9-21(28-23(16)20)29-12-10-17(11-13-29)24(26)31/h1-9,17H,10-15H2,(H2,26,31)(H,27,30). The summed E-state index contributed by atoms with van der Waals surface area (Å²) in [5, 5.41) is 4.36. The average Bonchev–Trinajstić information content (AvgIpc) is 2.82. The van der Waals surface area contributed by atoms with Crippen LogP contribution in [0.1, 0.15) is 18.4 Å². The van der Waals surface area contributed by atoms with Gasteiger partial charge in [0.05, 0.1) is 0 Å². The molecule has 1 fully saturated rings. The number of hydrogen-bond donors (Lipinski definition) is 2. The molecule has 2 amide bonds. The normalized spacial score (nSPS) is 14.3. The molecule has 0 radical (unpaired) electrons. The summed E-state index contributed by atoms with van der Waals surface area (Å²) in [5.74, 6) is 0.810. The monoisotopic (exact) mass is 452 g/mol. The van der Waals surface area contributed by atoms with Crippen molar-refractivity contribution < 1.29 is 14.3 Å². The van der Waals surface area contributed by atoms with Crippen molar-refractivity contribution >= 4 is 40.1 Å². The number of carbonyl (C=O) groups excluding carboxylic acids is 2. The lowest BCUT2D eigenvalue weighted by Crippen LogP contribution is -2.38. The second-order valence-electron chi connectivity index (χ2n) is 7.82. The highest BCUT2D eigenvalue weighted by Gasteiger charge is 2.24. The minimum Gasteiger partial charge on any atom is -0.481 e. The molecular weight excluding hydrogens is 428 g/mol. The van der Waals surface area contributed by atoms with Gasteiger partial charge in [0.1, 0.15) is 17.1 Å². The number of halogens is 1. The van der Waals surface area contributed by atoms with Crippen molar-refractivity contribution in [3.8, 4) is 5.75 Å². The summed E-state index contributed by atoms with van der Waals surface area (Å²) in [5.41, 5.74) is 6.98. The lowest BCUT2D eigenvalue weighted by molar-refractivity contribution is -0.123. The van der Waals surface area contributed by atoms with E-state index >= 15 is 0 Å². The van der Waals surface area contributed by atoms with Crippen molar-refractivity contribution in [1.29, 1.82) is 0 Å². The van der Waals surface area contributed by atoms with Crippen molar-refractivity contribution in [2.24, 2.45) is 11.7 Å². The second kappa shape index (κ2) is 9.87. The van der Waals surface area contributed by atoms with E-state index in [0.717, 1.165) is 42.7 Å². The fraction of sp³-hybridized carbons (Fsp3) is 0.292. The van der Waals surface area contributed by atoms with Crippen LogP contribution in [0, 0.1) is 5.92 Å². The van der Waals surface area contributed by atoms with Crippen LogP contribution in [0.4, 0.5) is 5.82 Å². The molecule has 3 N–H and O–H groups in total. The number of amides is 2. The van der Waals surface area contributed by atoms with Gasteiger partial charge in [-0.2, -0.15) is 0 Å². The molecule has 2 heterocycles. The first-order valence-electron chi connectivity index (χ1n) is 10.6. The third-order valence-electron chi connectivity index (χ3n) is 5.68. The molecule has 3 aromatic rings. The van der Waals surface area contributed by atoms with E-state index in [4.69, 9.17) is 27.1 Å². The van der Waals surface area contributed by atoms with Crippen LogP contribution in [0.15, 0.2) is 54.6 Å². The SMILES string of the molecule is NC(=O)C1CCN(c2ccc3cccc(OCC(=O)NCc4ccccc4Cl)c3n2)CC1. The fourth-order valence-electron chi connectivity index (χ4n) is 3.83. The molecule has 1 aliphatic rings. The summed E-state index contributed by atoms with van der Waals surface area (Å²) < 4.78 is 5.80. The Kier molecular flexibility index (Phi) is 6.75. The van der Waals surface area contributed by atoms with Crippen LogP contribution in [0.25, 0.3) is 10.9 Å². The summed E-state index contributed by atoms with van der Waals surface area (Å²) in [6.45, 7) is 1.65. The van der Waals surface area contributed by atoms with Crippen LogP contribution in [0.5, 0.6) is 5.75 Å². The van der Waals surface area contributed by atoms with E-state index in [2.05, 4.69) is 10.2 Å². The van der Waals surface area contributed by atoms with Crippen LogP contribution < -0.4 is 20.7 Å². The number of pyridine rings is 1. The number of fused-ring (bicyclic) bond motifs is 1. The first-order valence-corrected chi connectivity index (χ1v) is 11.0. The van der Waals surface area contributed by atoms with Gasteiger partial charge in [0, 0.05) is 36.0 Å². The van der Waals surface area contributed by atoms with Gasteiger partial charge >= 0.3 is 0 Å². The molecule has 0 saturated carbocycles. The van der Waals surface area contributed by atoms with Crippen molar-refractivity contribution in [3.05, 3.63) is 65.2 Å². The molecule has 4 rings (SSSR count). The van der Waals surface area contributed by atoms with Gasteiger partial charge in [0.15, 0.2) is 6.61 Å². The summed E-state index contributed by atoms with van der Waals surface area (Å²) in [6, 6.07) is 17.0. The van der Waals surface area contributed by atoms with E-state index in [1.807, 2.05) is 42.5 Å². The average molecular weight is 453 g/mol. The molecule has 1 aliphatic heterocycles. The van der Waals surface area contributed by atoms with Gasteiger partial charge in [-0.15, -0.1) is 0 Å². The van der Waals surface area contributed by atoms with E-state index in [9.17, 15) is 9.59 Å². The Balaban J connectivity index is 1.41. The van der Waals surface area contributed by atoms with Gasteiger partial charge in [0.2, 0.25) is 5.91 Å². The lowest BCUT2D eigenvalue weighted by Gasteiger charge is -2.31. The van der Waals surface area contributed by atoms with Gasteiger partial charge in [-0.25, -0.2) is 4.98 Å². The topological polar surface area (TPSA) is 97.5 Å². The molecule has 32 heavy (non-hydrogen) atoms. The number of piperidine rings is 1. The Morgan fingerprint density at radius 2 is 1.88 bits per heavy atom. The molecular formula is C24H25ClN4O3. The Hall–Kier alpha value is -3.32. The maximum absolute atomic E-state index is 12.3. The third kappa shape index (κ3) is 5.11. The minimum absolute atomic E-state index is 0.0742. The van der Waals surface area contributed by atoms with E-state index in [1.165, 1.54) is 0 Å². The second-order valence-corrected chi connectivity index (χ2v) is 8.23. The molecule has 1 saturated heterocycles. The lowest BCUT2D eigenvalue weighted by atomic mass is 9.96. The van der Waals surface area contributed by atoms with Crippen LogP contribution in [-0.2, 0) is 16.1 Å². The molecule has 8 heteroatoms. The van der Waals surface area contributed by atoms with Gasteiger partial charge in [-0.05, 0) is 42.7 Å². The van der Waals surface area contributed by atoms with Gasteiger partial charge in [0.25, 0.3) is 5.91 Å². The van der Waals surface area contributed by atoms with Crippen molar-refractivity contribution in [2.75, 3.05) is 24.6 Å². The third-order valence-corrected chi connectivity index (χ3v) is 6.05. The number of rotatable bonds is 7. The zero-order chi connectivity index (χ0) is 22.5. The first kappa shape index (κ1) is 21.9. The molecule has 166 valence electrons. The molecule has 0 spiro atoms. The molecule has 0 aliphatic carbocycles. The van der Waals surface area contributed by atoms with E-state index in [-0.39, 0.29) is 24.3 Å². The highest BCUT2D eigenvalue weighted by molar-refractivity contribution is 6.31. The number of primary amides is 1. The maximum atomic E-state index is 12.3. The van der Waals surface area contributed by atoms with Crippen LogP contribution in [-0.4, -0.2) is 36.5 Å². The summed E-state index contributed by atoms with van der Waals surface area (Å²) >= 11 is 6.13. The fourth-order valence-corrected chi connectivity index (χ4v) is 4.03. The van der Waals surface area contributed by atoms with Gasteiger partial charge in [-0.3, -0.25) is 9.59 Å². The van der Waals surface area contributed by atoms with Crippen molar-refractivity contribution in [3.63, 3.8) is 0 Å². The number of nitrogens with zero attached hydrogens (tertiary/aromatic N) is 2. The number of ether oxygens (including phenoxy) is 1. The molecule has 2 aromatic carbocycles. The van der Waals surface area contributed by atoms with Crippen molar-refractivity contribution in [1.82, 2.24) is 10.3 Å². The van der Waals surface area contributed by atoms with E-state index in [0.29, 0.717) is 22.8 Å². The minimum atomic E-state index is -0.244. The zero-order valence-electron chi connectivity index (χ0n) is 17.6. The smallest absolute Gasteiger partial charge is 0.258 e. The van der Waals surface area contributed by atoms with Crippen LogP contribution >= 0.6 is 11.6 Å². The largest absolute Gasteiger partial charge is 0.481 e. The quantitative estimate of drug-likeness (QED) is 0.573. The summed E-state index contributed by atoms with van der Waals surface area (Å²) in [4.78, 5) is 30.6. The Bertz CT molecular complexity index is 1130. The number of nitrogens with one attached hydrogen (secondary N) is 1. The number of benzene rings is 2. The maximum Gasteiger partial charge on any atom is 0.258 e. The van der Waals surface area contributed by atoms with Gasteiger partial charge < -0.3 is 20.7 Å². The number of para-hydroxylation sites is 1. The van der Waals surface area contributed by atoms with E-state index < -0.39 is 0 Å². The Morgan fingerprint density at radius 3 is 2.62 bits per heavy atom. The van der Waals surface area contributed by atoms with Crippen LogP contribution in [0.2, 0.25) is 5.02 Å². The number of nitrogens with two attached hydrogens (primary N) is 1. The zero-order valence-corrected chi connectivity index (χ0v) is 18.3. The summed E-state index contributed by atoms with van der Waals surface area (Å²) in [6.07, 6.45) is 1.44. The molecule has 7 nitrogen and oxygen atoms in total. The first-order chi connectivity index (χ1) is 15.5. The predicted molar refractivity (Wildman–Crippen MR) is 125 cm³/mol. The highest BCUT2D eigenvalue weighted by atomic mass is 35.5. The summed E-state index contributed by atoms with van der Waals surface area (Å²) in [7, 11) is 0. The molecule has 0 unspecified atom stereocenters. The number of aromatic nitrogens is 1. The predicted octanol–water partition coefficient (Wildman–Crippen LogP) is 3.29. The van der Waals surface area contributed by atoms with Crippen molar-refractivity contribution in [2.45, 2.75) is 19.4 Å². The number of carbonyl (C=O) groups is 2. The van der Waals surface area contributed by atoms with E-state index in [1.54, 1.807) is 12.1 Å². The highest BCUT2D eigenvalue weighted by Crippen LogP contribution is 2.28.